The highest BCUT2D eigenvalue weighted by atomic mass is 16.5. The molecule has 1 aliphatic rings. The number of nitrogens with zero attached hydrogens (tertiary/aromatic N) is 4. The third-order valence-corrected chi connectivity index (χ3v) is 2.93. The summed E-state index contributed by atoms with van der Waals surface area (Å²) in [4.78, 5) is 18.8. The molecule has 0 bridgehead atoms. The fraction of sp³-hybridized carbons (Fsp3) is 0.385. The van der Waals surface area contributed by atoms with E-state index in [4.69, 9.17) is 19.7 Å². The van der Waals surface area contributed by atoms with Crippen LogP contribution in [-0.4, -0.2) is 45.1 Å². The van der Waals surface area contributed by atoms with Gasteiger partial charge in [0.1, 0.15) is 6.10 Å². The molecule has 0 unspecified atom stereocenters. The largest absolute Gasteiger partial charge is 0.493 e. The Hall–Kier alpha value is -2.73. The average Bonchev–Trinajstić information content (AvgIpc) is 2.52. The summed E-state index contributed by atoms with van der Waals surface area (Å²) in [7, 11) is 3.04. The predicted octanol–water partition coefficient (Wildman–Crippen LogP) is 1.73. The summed E-state index contributed by atoms with van der Waals surface area (Å²) < 4.78 is 15.5. The van der Waals surface area contributed by atoms with E-state index in [1.54, 1.807) is 18.2 Å². The second kappa shape index (κ2) is 6.62. The predicted molar refractivity (Wildman–Crippen MR) is 74.8 cm³/mol. The molecule has 8 heteroatoms. The van der Waals surface area contributed by atoms with Gasteiger partial charge in [-0.25, -0.2) is 4.79 Å². The Labute approximate surface area is 121 Å². The Balaban J connectivity index is 2.24. The Kier molecular flexibility index (Phi) is 4.63. The summed E-state index contributed by atoms with van der Waals surface area (Å²) >= 11 is 0. The molecule has 0 spiro atoms. The lowest BCUT2D eigenvalue weighted by Gasteiger charge is -2.20. The van der Waals surface area contributed by atoms with E-state index in [9.17, 15) is 4.79 Å². The van der Waals surface area contributed by atoms with Crippen molar-refractivity contribution >= 4 is 11.7 Å². The van der Waals surface area contributed by atoms with Crippen LogP contribution in [0.25, 0.3) is 10.4 Å². The van der Waals surface area contributed by atoms with E-state index in [1.807, 2.05) is 0 Å². The van der Waals surface area contributed by atoms with E-state index in [0.29, 0.717) is 17.1 Å². The third kappa shape index (κ3) is 3.24. The number of aliphatic imine (C=N–C) groups is 1. The number of rotatable bonds is 5. The van der Waals surface area contributed by atoms with E-state index in [0.717, 1.165) is 0 Å². The average molecular weight is 290 g/mol. The van der Waals surface area contributed by atoms with Crippen molar-refractivity contribution < 1.29 is 19.0 Å². The fourth-order valence-electron chi connectivity index (χ4n) is 1.92. The van der Waals surface area contributed by atoms with Gasteiger partial charge in [0.2, 0.25) is 0 Å². The molecule has 1 aromatic rings. The number of cyclic esters (lactones) is 1. The van der Waals surface area contributed by atoms with E-state index >= 15 is 0 Å². The Morgan fingerprint density at radius 3 is 2.81 bits per heavy atom. The molecule has 0 radical (unpaired) electrons. The summed E-state index contributed by atoms with van der Waals surface area (Å²) in [5, 5.41) is 3.38. The van der Waals surface area contributed by atoms with Gasteiger partial charge >= 0.3 is 5.97 Å². The fourth-order valence-corrected chi connectivity index (χ4v) is 1.92. The molecule has 1 atom stereocenters. The van der Waals surface area contributed by atoms with Crippen molar-refractivity contribution in [2.75, 3.05) is 27.3 Å². The van der Waals surface area contributed by atoms with Gasteiger partial charge in [0.15, 0.2) is 17.2 Å². The molecule has 0 aliphatic carbocycles. The van der Waals surface area contributed by atoms with Gasteiger partial charge in [-0.1, -0.05) is 5.11 Å². The number of hydrogen-bond acceptors (Lipinski definition) is 6. The highest BCUT2D eigenvalue weighted by Crippen LogP contribution is 2.28. The van der Waals surface area contributed by atoms with Gasteiger partial charge in [-0.2, -0.15) is 0 Å². The summed E-state index contributed by atoms with van der Waals surface area (Å²) in [6.07, 6.45) is -0.516. The molecule has 110 valence electrons. The van der Waals surface area contributed by atoms with Crippen molar-refractivity contribution in [1.82, 2.24) is 0 Å². The van der Waals surface area contributed by atoms with Crippen LogP contribution in [0.15, 0.2) is 28.3 Å². The van der Waals surface area contributed by atoms with E-state index < -0.39 is 12.1 Å². The molecular formula is C13H14N4O4. The number of methoxy groups -OCH3 is 2. The maximum Gasteiger partial charge on any atom is 0.357 e. The molecule has 8 nitrogen and oxygen atoms in total. The summed E-state index contributed by atoms with van der Waals surface area (Å²) in [6, 6.07) is 5.05. The quantitative estimate of drug-likeness (QED) is 0.356. The van der Waals surface area contributed by atoms with Gasteiger partial charge in [-0.15, -0.1) is 0 Å². The normalized spacial score (nSPS) is 17.3. The maximum atomic E-state index is 12.0. The van der Waals surface area contributed by atoms with Crippen LogP contribution < -0.4 is 9.47 Å². The van der Waals surface area contributed by atoms with Gasteiger partial charge in [0.25, 0.3) is 0 Å². The molecule has 0 saturated carbocycles. The van der Waals surface area contributed by atoms with Crippen LogP contribution in [0.4, 0.5) is 0 Å². The van der Waals surface area contributed by atoms with Gasteiger partial charge in [-0.3, -0.25) is 4.99 Å². The third-order valence-electron chi connectivity index (χ3n) is 2.93. The molecule has 0 aromatic heterocycles. The van der Waals surface area contributed by atoms with Crippen molar-refractivity contribution in [2.24, 2.45) is 10.1 Å². The van der Waals surface area contributed by atoms with Crippen LogP contribution in [-0.2, 0) is 9.53 Å². The minimum atomic E-state index is -0.549. The molecular weight excluding hydrogens is 276 g/mol. The molecule has 0 fully saturated rings. The number of carbonyl (C=O) groups excluding carboxylic acids is 1. The monoisotopic (exact) mass is 290 g/mol. The molecule has 0 saturated heterocycles. The van der Waals surface area contributed by atoms with E-state index in [-0.39, 0.29) is 18.8 Å². The minimum Gasteiger partial charge on any atom is -0.493 e. The smallest absolute Gasteiger partial charge is 0.357 e. The van der Waals surface area contributed by atoms with Crippen LogP contribution in [0.3, 0.4) is 0 Å². The summed E-state index contributed by atoms with van der Waals surface area (Å²) in [5.41, 5.74) is 9.06. The summed E-state index contributed by atoms with van der Waals surface area (Å²) in [5.74, 6) is 0.514. The van der Waals surface area contributed by atoms with Crippen LogP contribution >= 0.6 is 0 Å². The lowest BCUT2D eigenvalue weighted by molar-refractivity contribution is -0.140. The van der Waals surface area contributed by atoms with Gasteiger partial charge in [0.05, 0.1) is 27.3 Å². The lowest BCUT2D eigenvalue weighted by Crippen LogP contribution is -2.34. The first-order chi connectivity index (χ1) is 10.2. The molecule has 1 aromatic carbocycles. The SMILES string of the molecule is COc1ccc(C2=NC[C@@H](CN=[N+]=[N-])OC2=O)cc1OC. The molecule has 0 N–H and O–H groups in total. The van der Waals surface area contributed by atoms with Crippen LogP contribution in [0, 0.1) is 0 Å². The van der Waals surface area contributed by atoms with Gasteiger partial charge in [0, 0.05) is 10.5 Å². The first-order valence-electron chi connectivity index (χ1n) is 6.18. The number of benzene rings is 1. The molecule has 0 amide bonds. The molecule has 21 heavy (non-hydrogen) atoms. The standard InChI is InChI=1S/C13H14N4O4/c1-19-10-4-3-8(5-11(10)20-2)12-13(18)21-9(6-15-12)7-16-17-14/h3-5,9H,6-7H2,1-2H3/t9-/m0/s1. The maximum absolute atomic E-state index is 12.0. The molecule has 1 aliphatic heterocycles. The van der Waals surface area contributed by atoms with Gasteiger partial charge < -0.3 is 14.2 Å². The zero-order valence-electron chi connectivity index (χ0n) is 11.6. The zero-order chi connectivity index (χ0) is 15.2. The minimum absolute atomic E-state index is 0.0744. The summed E-state index contributed by atoms with van der Waals surface area (Å²) in [6.45, 7) is 0.333. The van der Waals surface area contributed by atoms with E-state index in [2.05, 4.69) is 15.0 Å². The number of carbonyl (C=O) groups is 1. The van der Waals surface area contributed by atoms with Crippen LogP contribution in [0.1, 0.15) is 5.56 Å². The second-order valence-electron chi connectivity index (χ2n) is 4.20. The Morgan fingerprint density at radius 2 is 2.19 bits per heavy atom. The van der Waals surface area contributed by atoms with Gasteiger partial charge in [-0.05, 0) is 23.7 Å². The van der Waals surface area contributed by atoms with E-state index in [1.165, 1.54) is 14.2 Å². The lowest BCUT2D eigenvalue weighted by atomic mass is 10.1. The number of azide groups is 1. The number of hydrogen-bond donors (Lipinski definition) is 0. The zero-order valence-corrected chi connectivity index (χ0v) is 11.6. The molecule has 2 rings (SSSR count). The number of esters is 1. The van der Waals surface area contributed by atoms with Crippen molar-refractivity contribution in [3.05, 3.63) is 34.2 Å². The van der Waals surface area contributed by atoms with Crippen molar-refractivity contribution in [3.8, 4) is 11.5 Å². The Morgan fingerprint density at radius 1 is 1.43 bits per heavy atom. The second-order valence-corrected chi connectivity index (χ2v) is 4.20. The van der Waals surface area contributed by atoms with Crippen molar-refractivity contribution in [3.63, 3.8) is 0 Å². The van der Waals surface area contributed by atoms with Crippen molar-refractivity contribution in [2.45, 2.75) is 6.10 Å². The highest BCUT2D eigenvalue weighted by molar-refractivity contribution is 6.43. The highest BCUT2D eigenvalue weighted by Gasteiger charge is 2.26. The van der Waals surface area contributed by atoms with Crippen LogP contribution in [0.5, 0.6) is 11.5 Å². The number of ether oxygens (including phenoxy) is 3. The topological polar surface area (TPSA) is 106 Å². The first-order valence-corrected chi connectivity index (χ1v) is 6.18. The van der Waals surface area contributed by atoms with Crippen molar-refractivity contribution in [1.29, 1.82) is 0 Å². The Bertz CT molecular complexity index is 623. The van der Waals surface area contributed by atoms with Crippen LogP contribution in [0.2, 0.25) is 0 Å². The molecule has 1 heterocycles. The first kappa shape index (κ1) is 14.7.